The molecule has 19 heavy (non-hydrogen) atoms. The number of carbonyl (C=O) groups excluding carboxylic acids is 1. The summed E-state index contributed by atoms with van der Waals surface area (Å²) >= 11 is 0. The molecule has 1 rings (SSSR count). The third kappa shape index (κ3) is 5.91. The van der Waals surface area contributed by atoms with Gasteiger partial charge in [0.2, 0.25) is 5.91 Å². The van der Waals surface area contributed by atoms with Crippen molar-refractivity contribution in [1.29, 1.82) is 0 Å². The van der Waals surface area contributed by atoms with Gasteiger partial charge < -0.3 is 15.5 Å². The van der Waals surface area contributed by atoms with Crippen molar-refractivity contribution in [3.05, 3.63) is 0 Å². The summed E-state index contributed by atoms with van der Waals surface area (Å²) in [5.41, 5.74) is 5.72. The maximum absolute atomic E-state index is 12.0. The number of rotatable bonds is 7. The quantitative estimate of drug-likeness (QED) is 0.763. The molecule has 0 bridgehead atoms. The minimum atomic E-state index is 0.0125. The van der Waals surface area contributed by atoms with E-state index >= 15 is 0 Å². The first-order valence-corrected chi connectivity index (χ1v) is 7.46. The smallest absolute Gasteiger partial charge is 0.222 e. The molecule has 0 radical (unpaired) electrons. The van der Waals surface area contributed by atoms with Gasteiger partial charge in [-0.05, 0) is 50.7 Å². The van der Waals surface area contributed by atoms with Crippen molar-refractivity contribution < 1.29 is 4.79 Å². The van der Waals surface area contributed by atoms with Crippen molar-refractivity contribution in [2.75, 3.05) is 40.3 Å². The molecule has 1 aliphatic rings. The molecule has 1 unspecified atom stereocenters. The maximum atomic E-state index is 12.0. The van der Waals surface area contributed by atoms with Crippen LogP contribution in [-0.2, 0) is 4.79 Å². The summed E-state index contributed by atoms with van der Waals surface area (Å²) in [6.45, 7) is 7.97. The van der Waals surface area contributed by atoms with Crippen LogP contribution in [0.1, 0.15) is 39.5 Å². The topological polar surface area (TPSA) is 49.6 Å². The van der Waals surface area contributed by atoms with Crippen molar-refractivity contribution in [2.45, 2.75) is 39.5 Å². The van der Waals surface area contributed by atoms with Crippen LogP contribution < -0.4 is 5.73 Å². The van der Waals surface area contributed by atoms with Crippen LogP contribution in [0.5, 0.6) is 0 Å². The highest BCUT2D eigenvalue weighted by Gasteiger charge is 2.22. The number of hydrogen-bond donors (Lipinski definition) is 1. The van der Waals surface area contributed by atoms with Crippen LogP contribution in [0.3, 0.4) is 0 Å². The van der Waals surface area contributed by atoms with Gasteiger partial charge >= 0.3 is 0 Å². The molecule has 1 aliphatic heterocycles. The minimum absolute atomic E-state index is 0.0125. The van der Waals surface area contributed by atoms with E-state index in [2.05, 4.69) is 25.8 Å². The molecule has 0 aliphatic carbocycles. The van der Waals surface area contributed by atoms with Gasteiger partial charge in [-0.2, -0.15) is 0 Å². The van der Waals surface area contributed by atoms with E-state index in [-0.39, 0.29) is 11.3 Å². The van der Waals surface area contributed by atoms with Crippen molar-refractivity contribution in [1.82, 2.24) is 9.80 Å². The van der Waals surface area contributed by atoms with Crippen molar-refractivity contribution in [3.8, 4) is 0 Å². The van der Waals surface area contributed by atoms with Gasteiger partial charge in [0, 0.05) is 26.6 Å². The molecule has 0 aromatic carbocycles. The molecule has 1 amide bonds. The summed E-state index contributed by atoms with van der Waals surface area (Å²) in [5.74, 6) is 1.05. The Labute approximate surface area is 118 Å². The Bertz CT molecular complexity index is 291. The molecule has 1 heterocycles. The molecule has 0 aromatic rings. The van der Waals surface area contributed by atoms with Gasteiger partial charge in [0.25, 0.3) is 0 Å². The Morgan fingerprint density at radius 2 is 2.16 bits per heavy atom. The fourth-order valence-electron chi connectivity index (χ4n) is 2.79. The molecule has 1 fully saturated rings. The minimum Gasteiger partial charge on any atom is -0.345 e. The Hall–Kier alpha value is -0.610. The Morgan fingerprint density at radius 3 is 2.68 bits per heavy atom. The van der Waals surface area contributed by atoms with E-state index in [0.29, 0.717) is 13.0 Å². The number of nitrogens with zero attached hydrogens (tertiary/aromatic N) is 2. The molecular formula is C15H31N3O. The summed E-state index contributed by atoms with van der Waals surface area (Å²) in [6.07, 6.45) is 4.17. The molecule has 0 saturated carbocycles. The number of likely N-dealkylation sites (tertiary alicyclic amines) is 1. The van der Waals surface area contributed by atoms with Crippen molar-refractivity contribution in [3.63, 3.8) is 0 Å². The summed E-state index contributed by atoms with van der Waals surface area (Å²) in [5, 5.41) is 0. The van der Waals surface area contributed by atoms with Crippen LogP contribution in [0.2, 0.25) is 0 Å². The molecule has 112 valence electrons. The Balaban J connectivity index is 2.20. The van der Waals surface area contributed by atoms with E-state index in [9.17, 15) is 4.79 Å². The number of amides is 1. The van der Waals surface area contributed by atoms with Crippen LogP contribution >= 0.6 is 0 Å². The maximum Gasteiger partial charge on any atom is 0.222 e. The largest absolute Gasteiger partial charge is 0.345 e. The van der Waals surface area contributed by atoms with Gasteiger partial charge in [-0.3, -0.25) is 4.79 Å². The van der Waals surface area contributed by atoms with E-state index in [0.717, 1.165) is 18.9 Å². The van der Waals surface area contributed by atoms with E-state index < -0.39 is 0 Å². The second-order valence-electron chi connectivity index (χ2n) is 6.93. The lowest BCUT2D eigenvalue weighted by Gasteiger charge is -2.29. The highest BCUT2D eigenvalue weighted by molar-refractivity contribution is 5.75. The van der Waals surface area contributed by atoms with Gasteiger partial charge in [0.15, 0.2) is 0 Å². The predicted octanol–water partition coefficient (Wildman–Crippen LogP) is 1.55. The molecule has 1 saturated heterocycles. The van der Waals surface area contributed by atoms with Crippen LogP contribution in [0.25, 0.3) is 0 Å². The predicted molar refractivity (Wildman–Crippen MR) is 79.9 cm³/mol. The van der Waals surface area contributed by atoms with E-state index in [1.165, 1.54) is 25.9 Å². The lowest BCUT2D eigenvalue weighted by atomic mass is 9.93. The summed E-state index contributed by atoms with van der Waals surface area (Å²) in [7, 11) is 4.07. The highest BCUT2D eigenvalue weighted by atomic mass is 16.2. The van der Waals surface area contributed by atoms with Gasteiger partial charge in [-0.15, -0.1) is 0 Å². The number of nitrogens with two attached hydrogens (primary N) is 1. The van der Waals surface area contributed by atoms with Gasteiger partial charge in [-0.1, -0.05) is 13.8 Å². The average Bonchev–Trinajstić information content (AvgIpc) is 2.74. The highest BCUT2D eigenvalue weighted by Crippen LogP contribution is 2.21. The van der Waals surface area contributed by atoms with Crippen LogP contribution in [0, 0.1) is 11.3 Å². The molecule has 0 aromatic heterocycles. The standard InChI is InChI=1S/C15H31N3O/c1-15(2,11-16)12-18(4)14(19)7-5-6-13-8-9-17(3)10-13/h13H,5-12,16H2,1-4H3. The molecule has 2 N–H and O–H groups in total. The molecule has 4 nitrogen and oxygen atoms in total. The molecule has 4 heteroatoms. The monoisotopic (exact) mass is 269 g/mol. The second kappa shape index (κ2) is 7.25. The SMILES string of the molecule is CN1CCC(CCCC(=O)N(C)CC(C)(C)CN)C1. The number of carbonyl (C=O) groups is 1. The fraction of sp³-hybridized carbons (Fsp3) is 0.933. The third-order valence-corrected chi connectivity index (χ3v) is 4.14. The lowest BCUT2D eigenvalue weighted by molar-refractivity contribution is -0.131. The molecule has 1 atom stereocenters. The van der Waals surface area contributed by atoms with Gasteiger partial charge in [-0.25, -0.2) is 0 Å². The average molecular weight is 269 g/mol. The van der Waals surface area contributed by atoms with E-state index in [4.69, 9.17) is 5.73 Å². The van der Waals surface area contributed by atoms with Crippen molar-refractivity contribution >= 4 is 5.91 Å². The summed E-state index contributed by atoms with van der Waals surface area (Å²) in [6, 6.07) is 0. The zero-order valence-corrected chi connectivity index (χ0v) is 13.1. The summed E-state index contributed by atoms with van der Waals surface area (Å²) in [4.78, 5) is 16.3. The van der Waals surface area contributed by atoms with Crippen LogP contribution in [-0.4, -0.2) is 56.0 Å². The first-order chi connectivity index (χ1) is 8.84. The second-order valence-corrected chi connectivity index (χ2v) is 6.93. The van der Waals surface area contributed by atoms with E-state index in [1.807, 2.05) is 11.9 Å². The first kappa shape index (κ1) is 16.4. The zero-order chi connectivity index (χ0) is 14.5. The molecule has 0 spiro atoms. The third-order valence-electron chi connectivity index (χ3n) is 4.14. The Morgan fingerprint density at radius 1 is 1.47 bits per heavy atom. The van der Waals surface area contributed by atoms with Crippen LogP contribution in [0.4, 0.5) is 0 Å². The zero-order valence-electron chi connectivity index (χ0n) is 13.1. The van der Waals surface area contributed by atoms with Gasteiger partial charge in [0.05, 0.1) is 0 Å². The van der Waals surface area contributed by atoms with Crippen LogP contribution in [0.15, 0.2) is 0 Å². The van der Waals surface area contributed by atoms with Gasteiger partial charge in [0.1, 0.15) is 0 Å². The normalized spacial score (nSPS) is 20.8. The first-order valence-electron chi connectivity index (χ1n) is 7.46. The summed E-state index contributed by atoms with van der Waals surface area (Å²) < 4.78 is 0. The lowest BCUT2D eigenvalue weighted by Crippen LogP contribution is -2.39. The number of hydrogen-bond acceptors (Lipinski definition) is 3. The fourth-order valence-corrected chi connectivity index (χ4v) is 2.79. The Kier molecular flexibility index (Phi) is 6.27. The van der Waals surface area contributed by atoms with E-state index in [1.54, 1.807) is 0 Å². The van der Waals surface area contributed by atoms with Crippen molar-refractivity contribution in [2.24, 2.45) is 17.1 Å². The molecular weight excluding hydrogens is 238 g/mol.